The van der Waals surface area contributed by atoms with Crippen LogP contribution < -0.4 is 11.1 Å². The van der Waals surface area contributed by atoms with Crippen LogP contribution in [0.5, 0.6) is 0 Å². The summed E-state index contributed by atoms with van der Waals surface area (Å²) in [7, 11) is 0. The molecule has 0 aliphatic carbocycles. The van der Waals surface area contributed by atoms with Crippen LogP contribution in [0.2, 0.25) is 0 Å². The maximum Gasteiger partial charge on any atom is 0.272 e. The quantitative estimate of drug-likeness (QED) is 0.858. The summed E-state index contributed by atoms with van der Waals surface area (Å²) in [6, 6.07) is 1.77. The van der Waals surface area contributed by atoms with Gasteiger partial charge in [0.2, 0.25) is 0 Å². The molecule has 102 valence electrons. The lowest BCUT2D eigenvalue weighted by Gasteiger charge is -2.06. The zero-order chi connectivity index (χ0) is 14.0. The summed E-state index contributed by atoms with van der Waals surface area (Å²) < 4.78 is 6.52. The van der Waals surface area contributed by atoms with Gasteiger partial charge in [0, 0.05) is 12.6 Å². The summed E-state index contributed by atoms with van der Waals surface area (Å²) in [6.07, 6.45) is 0. The Bertz CT molecular complexity index is 599. The molecule has 0 aliphatic heterocycles. The van der Waals surface area contributed by atoms with E-state index in [1.54, 1.807) is 24.6 Å². The molecule has 19 heavy (non-hydrogen) atoms. The van der Waals surface area contributed by atoms with E-state index in [1.165, 1.54) is 0 Å². The topological polar surface area (TPSA) is 99.0 Å². The Balaban J connectivity index is 2.12. The zero-order valence-electron chi connectivity index (χ0n) is 11.2. The van der Waals surface area contributed by atoms with Gasteiger partial charge in [-0.15, -0.1) is 0 Å². The molecule has 2 heterocycles. The van der Waals surface area contributed by atoms with Gasteiger partial charge in [0.1, 0.15) is 17.1 Å². The fourth-order valence-electron chi connectivity index (χ4n) is 1.82. The fraction of sp³-hybridized carbons (Fsp3) is 0.417. The normalized spacial score (nSPS) is 10.7. The Hall–Kier alpha value is -2.31. The first kappa shape index (κ1) is 13.1. The number of aromatic nitrogens is 3. The van der Waals surface area contributed by atoms with Gasteiger partial charge in [0.25, 0.3) is 5.91 Å². The highest BCUT2D eigenvalue weighted by atomic mass is 16.5. The maximum absolute atomic E-state index is 12.1. The second kappa shape index (κ2) is 5.13. The first-order valence-electron chi connectivity index (χ1n) is 6.06. The summed E-state index contributed by atoms with van der Waals surface area (Å²) in [5.41, 5.74) is 8.00. The molecule has 0 unspecified atom stereocenters. The summed E-state index contributed by atoms with van der Waals surface area (Å²) in [5.74, 6) is 0.443. The number of carbonyl (C=O) groups excluding carboxylic acids is 1. The van der Waals surface area contributed by atoms with Crippen LogP contribution in [0.4, 0.5) is 5.69 Å². The smallest absolute Gasteiger partial charge is 0.272 e. The minimum atomic E-state index is -0.263. The molecule has 0 atom stereocenters. The summed E-state index contributed by atoms with van der Waals surface area (Å²) >= 11 is 0. The number of nitrogens with one attached hydrogen (secondary N) is 1. The van der Waals surface area contributed by atoms with E-state index in [1.807, 2.05) is 6.92 Å². The fourth-order valence-corrected chi connectivity index (χ4v) is 1.82. The van der Waals surface area contributed by atoms with Gasteiger partial charge in [-0.25, -0.2) is 0 Å². The third-order valence-corrected chi connectivity index (χ3v) is 2.80. The van der Waals surface area contributed by atoms with Crippen molar-refractivity contribution >= 4 is 11.6 Å². The van der Waals surface area contributed by atoms with Crippen LogP contribution in [0, 0.1) is 13.8 Å². The van der Waals surface area contributed by atoms with Gasteiger partial charge in [-0.1, -0.05) is 5.16 Å². The highest BCUT2D eigenvalue weighted by Crippen LogP contribution is 2.16. The molecule has 0 bridgehead atoms. The lowest BCUT2D eigenvalue weighted by molar-refractivity contribution is 0.0940. The minimum Gasteiger partial charge on any atom is -0.395 e. The molecule has 0 saturated carbocycles. The number of carbonyl (C=O) groups is 1. The van der Waals surface area contributed by atoms with E-state index in [2.05, 4.69) is 15.6 Å². The monoisotopic (exact) mass is 263 g/mol. The molecule has 0 aliphatic rings. The first-order valence-corrected chi connectivity index (χ1v) is 6.06. The summed E-state index contributed by atoms with van der Waals surface area (Å²) in [4.78, 5) is 12.1. The van der Waals surface area contributed by atoms with Crippen LogP contribution in [0.25, 0.3) is 0 Å². The third kappa shape index (κ3) is 2.59. The van der Waals surface area contributed by atoms with Gasteiger partial charge in [-0.2, -0.15) is 5.10 Å². The van der Waals surface area contributed by atoms with Crippen molar-refractivity contribution in [1.29, 1.82) is 0 Å². The average Bonchev–Trinajstić information content (AvgIpc) is 2.92. The van der Waals surface area contributed by atoms with Crippen LogP contribution in [0.1, 0.15) is 34.6 Å². The van der Waals surface area contributed by atoms with E-state index < -0.39 is 0 Å². The molecular formula is C12H17N5O2. The van der Waals surface area contributed by atoms with Gasteiger partial charge in [0.05, 0.1) is 17.9 Å². The Kier molecular flexibility index (Phi) is 3.55. The molecular weight excluding hydrogens is 246 g/mol. The molecule has 7 heteroatoms. The molecule has 3 N–H and O–H groups in total. The largest absolute Gasteiger partial charge is 0.395 e. The van der Waals surface area contributed by atoms with Gasteiger partial charge in [0.15, 0.2) is 0 Å². The SMILES string of the molecule is CCn1nc(C)c(N)c1C(=O)NCc1cc(C)on1. The number of nitrogens with zero attached hydrogens (tertiary/aromatic N) is 3. The Labute approximate surface area is 110 Å². The van der Waals surface area contributed by atoms with Gasteiger partial charge in [-0.05, 0) is 20.8 Å². The minimum absolute atomic E-state index is 0.263. The number of nitrogens with two attached hydrogens (primary N) is 1. The molecule has 7 nitrogen and oxygen atoms in total. The van der Waals surface area contributed by atoms with Crippen molar-refractivity contribution in [1.82, 2.24) is 20.3 Å². The summed E-state index contributed by atoms with van der Waals surface area (Å²) in [5, 5.41) is 10.8. The van der Waals surface area contributed by atoms with Gasteiger partial charge in [-0.3, -0.25) is 9.48 Å². The molecule has 0 radical (unpaired) electrons. The molecule has 0 aromatic carbocycles. The van der Waals surface area contributed by atoms with Crippen LogP contribution in [-0.4, -0.2) is 20.8 Å². The van der Waals surface area contributed by atoms with Crippen molar-refractivity contribution in [3.05, 3.63) is 28.9 Å². The third-order valence-electron chi connectivity index (χ3n) is 2.80. The van der Waals surface area contributed by atoms with Crippen LogP contribution in [0.3, 0.4) is 0 Å². The van der Waals surface area contributed by atoms with Crippen molar-refractivity contribution in [3.8, 4) is 0 Å². The number of amides is 1. The molecule has 0 fully saturated rings. The Morgan fingerprint density at radius 1 is 1.53 bits per heavy atom. The lowest BCUT2D eigenvalue weighted by atomic mass is 10.3. The first-order chi connectivity index (χ1) is 9.02. The molecule has 0 spiro atoms. The van der Waals surface area contributed by atoms with E-state index in [0.29, 0.717) is 41.6 Å². The van der Waals surface area contributed by atoms with Crippen molar-refractivity contribution < 1.29 is 9.32 Å². The number of nitrogen functional groups attached to an aromatic ring is 1. The van der Waals surface area contributed by atoms with Crippen molar-refractivity contribution in [2.45, 2.75) is 33.9 Å². The predicted molar refractivity (Wildman–Crippen MR) is 69.5 cm³/mol. The number of aryl methyl sites for hydroxylation is 3. The van der Waals surface area contributed by atoms with Crippen molar-refractivity contribution in [2.24, 2.45) is 0 Å². The highest BCUT2D eigenvalue weighted by Gasteiger charge is 2.19. The number of hydrogen-bond acceptors (Lipinski definition) is 5. The van der Waals surface area contributed by atoms with E-state index >= 15 is 0 Å². The number of hydrogen-bond donors (Lipinski definition) is 2. The average molecular weight is 263 g/mol. The highest BCUT2D eigenvalue weighted by molar-refractivity contribution is 5.97. The Morgan fingerprint density at radius 3 is 2.84 bits per heavy atom. The second-order valence-corrected chi connectivity index (χ2v) is 4.28. The van der Waals surface area contributed by atoms with E-state index in [4.69, 9.17) is 10.3 Å². The molecule has 2 aromatic rings. The van der Waals surface area contributed by atoms with Crippen LogP contribution >= 0.6 is 0 Å². The predicted octanol–water partition coefficient (Wildman–Crippen LogP) is 1.02. The molecule has 1 amide bonds. The van der Waals surface area contributed by atoms with Gasteiger partial charge < -0.3 is 15.6 Å². The molecule has 2 rings (SSSR count). The van der Waals surface area contributed by atoms with Crippen molar-refractivity contribution in [3.63, 3.8) is 0 Å². The number of rotatable bonds is 4. The number of anilines is 1. The Morgan fingerprint density at radius 2 is 2.26 bits per heavy atom. The van der Waals surface area contributed by atoms with Gasteiger partial charge >= 0.3 is 0 Å². The maximum atomic E-state index is 12.1. The lowest BCUT2D eigenvalue weighted by Crippen LogP contribution is -2.26. The van der Waals surface area contributed by atoms with E-state index in [-0.39, 0.29) is 5.91 Å². The molecule has 2 aromatic heterocycles. The standard InChI is InChI=1S/C12H17N5O2/c1-4-17-11(10(13)8(3)15-17)12(18)14-6-9-5-7(2)19-16-9/h5H,4,6,13H2,1-3H3,(H,14,18). The molecule has 0 saturated heterocycles. The van der Waals surface area contributed by atoms with Crippen molar-refractivity contribution in [2.75, 3.05) is 5.73 Å². The van der Waals surface area contributed by atoms with Crippen LogP contribution in [0.15, 0.2) is 10.6 Å². The van der Waals surface area contributed by atoms with E-state index in [0.717, 1.165) is 0 Å². The van der Waals surface area contributed by atoms with Crippen LogP contribution in [-0.2, 0) is 13.1 Å². The summed E-state index contributed by atoms with van der Waals surface area (Å²) in [6.45, 7) is 6.36. The van der Waals surface area contributed by atoms with E-state index in [9.17, 15) is 4.79 Å². The zero-order valence-corrected chi connectivity index (χ0v) is 11.2. The second-order valence-electron chi connectivity index (χ2n) is 4.28.